The fourth-order valence-corrected chi connectivity index (χ4v) is 3.29. The van der Waals surface area contributed by atoms with Gasteiger partial charge in [0.05, 0.1) is 25.0 Å². The zero-order valence-corrected chi connectivity index (χ0v) is 9.43. The van der Waals surface area contributed by atoms with E-state index < -0.39 is 0 Å². The summed E-state index contributed by atoms with van der Waals surface area (Å²) in [6, 6.07) is 0.266. The van der Waals surface area contributed by atoms with Crippen LogP contribution in [0.4, 0.5) is 0 Å². The van der Waals surface area contributed by atoms with Crippen LogP contribution in [0.2, 0.25) is 0 Å². The van der Waals surface area contributed by atoms with E-state index in [1.165, 1.54) is 19.3 Å². The molecular formula is C11H19N3O2. The number of hydrogen-bond acceptors (Lipinski definition) is 5. The molecule has 3 unspecified atom stereocenters. The van der Waals surface area contributed by atoms with Crippen LogP contribution in [0.15, 0.2) is 5.16 Å². The van der Waals surface area contributed by atoms with Gasteiger partial charge in [-0.3, -0.25) is 0 Å². The summed E-state index contributed by atoms with van der Waals surface area (Å²) in [6.07, 6.45) is 3.67. The van der Waals surface area contributed by atoms with Crippen LogP contribution in [0.1, 0.15) is 19.3 Å². The SMILES string of the molecule is ON=C1C2CCC(C2)C1NN1CCOCC1. The summed E-state index contributed by atoms with van der Waals surface area (Å²) in [4.78, 5) is 0. The van der Waals surface area contributed by atoms with E-state index in [4.69, 9.17) is 9.94 Å². The second kappa shape index (κ2) is 4.31. The normalized spacial score (nSPS) is 42.0. The molecule has 5 heteroatoms. The molecule has 0 amide bonds. The summed E-state index contributed by atoms with van der Waals surface area (Å²) in [5, 5.41) is 14.8. The van der Waals surface area contributed by atoms with E-state index in [2.05, 4.69) is 15.6 Å². The van der Waals surface area contributed by atoms with E-state index in [0.717, 1.165) is 32.0 Å². The second-order valence-corrected chi connectivity index (χ2v) is 5.00. The summed E-state index contributed by atoms with van der Waals surface area (Å²) >= 11 is 0. The number of hydrazine groups is 1. The summed E-state index contributed by atoms with van der Waals surface area (Å²) in [5.74, 6) is 1.19. The van der Waals surface area contributed by atoms with Gasteiger partial charge in [0, 0.05) is 19.0 Å². The zero-order chi connectivity index (χ0) is 11.0. The lowest BCUT2D eigenvalue weighted by atomic mass is 9.94. The highest BCUT2D eigenvalue weighted by molar-refractivity contribution is 5.94. The van der Waals surface area contributed by atoms with Gasteiger partial charge in [-0.1, -0.05) is 5.16 Å². The molecule has 1 saturated heterocycles. The molecule has 2 bridgehead atoms. The maximum atomic E-state index is 9.09. The van der Waals surface area contributed by atoms with E-state index in [1.54, 1.807) is 0 Å². The van der Waals surface area contributed by atoms with Gasteiger partial charge in [-0.15, -0.1) is 0 Å². The standard InChI is InChI=1S/C11H19N3O2/c15-13-11-9-2-1-8(7-9)10(11)12-14-3-5-16-6-4-14/h8-10,12,15H,1-7H2. The minimum absolute atomic E-state index is 0.266. The molecule has 3 fully saturated rings. The van der Waals surface area contributed by atoms with Crippen LogP contribution < -0.4 is 5.43 Å². The number of hydrogen-bond donors (Lipinski definition) is 2. The van der Waals surface area contributed by atoms with Crippen LogP contribution in [-0.4, -0.2) is 48.3 Å². The highest BCUT2D eigenvalue weighted by Gasteiger charge is 2.46. The Labute approximate surface area is 95.4 Å². The van der Waals surface area contributed by atoms with Crippen molar-refractivity contribution in [3.63, 3.8) is 0 Å². The molecule has 3 atom stereocenters. The molecule has 0 aromatic rings. The van der Waals surface area contributed by atoms with Crippen LogP contribution in [-0.2, 0) is 4.74 Å². The van der Waals surface area contributed by atoms with E-state index in [9.17, 15) is 0 Å². The number of nitrogens with zero attached hydrogens (tertiary/aromatic N) is 2. The van der Waals surface area contributed by atoms with E-state index >= 15 is 0 Å². The van der Waals surface area contributed by atoms with Gasteiger partial charge in [0.25, 0.3) is 0 Å². The number of nitrogens with one attached hydrogen (secondary N) is 1. The smallest absolute Gasteiger partial charge is 0.0787 e. The molecule has 0 aromatic heterocycles. The number of fused-ring (bicyclic) bond motifs is 2. The first-order chi connectivity index (χ1) is 7.88. The maximum Gasteiger partial charge on any atom is 0.0787 e. The van der Waals surface area contributed by atoms with Crippen LogP contribution in [0.25, 0.3) is 0 Å². The molecule has 3 rings (SSSR count). The molecule has 90 valence electrons. The first-order valence-corrected chi connectivity index (χ1v) is 6.19. The van der Waals surface area contributed by atoms with Crippen molar-refractivity contribution < 1.29 is 9.94 Å². The Hall–Kier alpha value is -0.650. The second-order valence-electron chi connectivity index (χ2n) is 5.00. The average molecular weight is 225 g/mol. The van der Waals surface area contributed by atoms with Crippen LogP contribution in [0, 0.1) is 11.8 Å². The number of morpholine rings is 1. The Morgan fingerprint density at radius 3 is 2.88 bits per heavy atom. The number of ether oxygens (including phenoxy) is 1. The number of oxime groups is 1. The van der Waals surface area contributed by atoms with Gasteiger partial charge in [0.2, 0.25) is 0 Å². The van der Waals surface area contributed by atoms with Gasteiger partial charge in [-0.05, 0) is 25.2 Å². The lowest BCUT2D eigenvalue weighted by Gasteiger charge is -2.33. The zero-order valence-electron chi connectivity index (χ0n) is 9.43. The third-order valence-electron chi connectivity index (χ3n) is 4.13. The molecule has 5 nitrogen and oxygen atoms in total. The minimum Gasteiger partial charge on any atom is -0.411 e. The molecule has 0 spiro atoms. The van der Waals surface area contributed by atoms with Gasteiger partial charge in [0.15, 0.2) is 0 Å². The molecule has 0 radical (unpaired) electrons. The molecule has 1 heterocycles. The van der Waals surface area contributed by atoms with Crippen LogP contribution in [0.3, 0.4) is 0 Å². The topological polar surface area (TPSA) is 57.1 Å². The van der Waals surface area contributed by atoms with Crippen molar-refractivity contribution in [3.8, 4) is 0 Å². The van der Waals surface area contributed by atoms with Gasteiger partial charge >= 0.3 is 0 Å². The third-order valence-corrected chi connectivity index (χ3v) is 4.13. The Kier molecular flexibility index (Phi) is 2.83. The Balaban J connectivity index is 1.65. The fraction of sp³-hybridized carbons (Fsp3) is 0.909. The molecule has 0 aromatic carbocycles. The van der Waals surface area contributed by atoms with Gasteiger partial charge in [-0.2, -0.15) is 0 Å². The average Bonchev–Trinajstić information content (AvgIpc) is 2.91. The number of rotatable bonds is 2. The minimum atomic E-state index is 0.266. The summed E-state index contributed by atoms with van der Waals surface area (Å²) < 4.78 is 5.32. The maximum absolute atomic E-state index is 9.09. The summed E-state index contributed by atoms with van der Waals surface area (Å²) in [6.45, 7) is 3.43. The van der Waals surface area contributed by atoms with Gasteiger partial charge in [-0.25, -0.2) is 10.4 Å². The lowest BCUT2D eigenvalue weighted by Crippen LogP contribution is -2.54. The monoisotopic (exact) mass is 225 g/mol. The molecule has 2 N–H and O–H groups in total. The quantitative estimate of drug-likeness (QED) is 0.529. The van der Waals surface area contributed by atoms with E-state index in [1.807, 2.05) is 0 Å². The predicted octanol–water partition coefficient (Wildman–Crippen LogP) is 0.452. The van der Waals surface area contributed by atoms with E-state index in [-0.39, 0.29) is 6.04 Å². The van der Waals surface area contributed by atoms with Crippen molar-refractivity contribution in [2.75, 3.05) is 26.3 Å². The Morgan fingerprint density at radius 1 is 1.31 bits per heavy atom. The molecule has 3 aliphatic rings. The van der Waals surface area contributed by atoms with Crippen molar-refractivity contribution in [2.24, 2.45) is 17.0 Å². The predicted molar refractivity (Wildman–Crippen MR) is 59.4 cm³/mol. The van der Waals surface area contributed by atoms with Gasteiger partial charge in [0.1, 0.15) is 0 Å². The van der Waals surface area contributed by atoms with Crippen molar-refractivity contribution in [3.05, 3.63) is 0 Å². The molecule has 1 aliphatic heterocycles. The van der Waals surface area contributed by atoms with E-state index in [0.29, 0.717) is 11.8 Å². The van der Waals surface area contributed by atoms with Crippen molar-refractivity contribution in [1.29, 1.82) is 0 Å². The largest absolute Gasteiger partial charge is 0.411 e. The highest BCUT2D eigenvalue weighted by Crippen LogP contribution is 2.42. The first-order valence-electron chi connectivity index (χ1n) is 6.19. The molecule has 16 heavy (non-hydrogen) atoms. The van der Waals surface area contributed by atoms with Crippen molar-refractivity contribution >= 4 is 5.71 Å². The van der Waals surface area contributed by atoms with Crippen LogP contribution in [0.5, 0.6) is 0 Å². The Bertz CT molecular complexity index is 289. The molecular weight excluding hydrogens is 206 g/mol. The third kappa shape index (κ3) is 1.73. The fourth-order valence-electron chi connectivity index (χ4n) is 3.29. The molecule has 2 saturated carbocycles. The molecule has 2 aliphatic carbocycles. The lowest BCUT2D eigenvalue weighted by molar-refractivity contribution is 0.00499. The summed E-state index contributed by atoms with van der Waals surface area (Å²) in [7, 11) is 0. The van der Waals surface area contributed by atoms with Crippen molar-refractivity contribution in [1.82, 2.24) is 10.4 Å². The summed E-state index contributed by atoms with van der Waals surface area (Å²) in [5.41, 5.74) is 4.49. The van der Waals surface area contributed by atoms with Crippen molar-refractivity contribution in [2.45, 2.75) is 25.3 Å². The van der Waals surface area contributed by atoms with Crippen LogP contribution >= 0.6 is 0 Å². The first kappa shape index (κ1) is 10.5. The highest BCUT2D eigenvalue weighted by atomic mass is 16.5. The van der Waals surface area contributed by atoms with Gasteiger partial charge < -0.3 is 9.94 Å². The Morgan fingerprint density at radius 2 is 2.12 bits per heavy atom.